The van der Waals surface area contributed by atoms with Gasteiger partial charge in [-0.05, 0) is 62.4 Å². The maximum absolute atomic E-state index is 13.4. The van der Waals surface area contributed by atoms with E-state index in [0.717, 1.165) is 22.3 Å². The van der Waals surface area contributed by atoms with Gasteiger partial charge in [-0.3, -0.25) is 14.5 Å². The van der Waals surface area contributed by atoms with E-state index in [1.165, 1.54) is 18.7 Å². The zero-order valence-electron chi connectivity index (χ0n) is 18.3. The highest BCUT2D eigenvalue weighted by molar-refractivity contribution is 8.00. The van der Waals surface area contributed by atoms with Crippen LogP contribution < -0.4 is 10.2 Å². The number of amides is 2. The first-order valence-electron chi connectivity index (χ1n) is 10.3. The summed E-state index contributed by atoms with van der Waals surface area (Å²) in [7, 11) is 0. The number of carbonyl (C=O) groups excluding carboxylic acids is 2. The van der Waals surface area contributed by atoms with Crippen LogP contribution in [-0.2, 0) is 14.4 Å². The Hall–Kier alpha value is -3.84. The minimum absolute atomic E-state index is 0.0478. The Labute approximate surface area is 196 Å². The molecule has 0 aromatic heterocycles. The first-order chi connectivity index (χ1) is 15.8. The second kappa shape index (κ2) is 11.2. The van der Waals surface area contributed by atoms with E-state index in [4.69, 9.17) is 5.11 Å². The Kier molecular flexibility index (Phi) is 8.05. The molecule has 0 bridgehead atoms. The van der Waals surface area contributed by atoms with Gasteiger partial charge in [-0.2, -0.15) is 0 Å². The smallest absolute Gasteiger partial charge is 0.331 e. The van der Waals surface area contributed by atoms with Crippen molar-refractivity contribution in [2.75, 3.05) is 10.2 Å². The van der Waals surface area contributed by atoms with Gasteiger partial charge in [0, 0.05) is 33.6 Å². The molecular weight excluding hydrogens is 436 g/mol. The van der Waals surface area contributed by atoms with Gasteiger partial charge in [-0.1, -0.05) is 36.4 Å². The van der Waals surface area contributed by atoms with Crippen molar-refractivity contribution in [1.29, 1.82) is 0 Å². The third-order valence-corrected chi connectivity index (χ3v) is 5.82. The number of carboxylic acid groups (broad SMARTS) is 1. The molecule has 0 aliphatic rings. The summed E-state index contributed by atoms with van der Waals surface area (Å²) in [6.45, 7) is 3.22. The van der Waals surface area contributed by atoms with Gasteiger partial charge in [0.1, 0.15) is 0 Å². The molecule has 6 nitrogen and oxygen atoms in total. The summed E-state index contributed by atoms with van der Waals surface area (Å²) in [5, 5.41) is 11.1. The summed E-state index contributed by atoms with van der Waals surface area (Å²) in [4.78, 5) is 38.7. The molecule has 0 spiro atoms. The normalized spacial score (nSPS) is 12.0. The average molecular weight is 461 g/mol. The standard InChI is InChI=1S/C26H24N2O4S/c1-18(26(31)32)17-24(29)27-20-13-15-23(16-14-20)33-19(2)25(30)28(21-9-5-3-6-10-21)22-11-7-4-8-12-22/h3-17,19H,1-2H3,(H,27,29)(H,31,32)/b18-17+/t19-/m1/s1. The lowest BCUT2D eigenvalue weighted by molar-refractivity contribution is -0.132. The van der Waals surface area contributed by atoms with E-state index in [9.17, 15) is 14.4 Å². The number of thioether (sulfide) groups is 1. The van der Waals surface area contributed by atoms with Crippen LogP contribution in [0.4, 0.5) is 17.1 Å². The van der Waals surface area contributed by atoms with Crippen LogP contribution in [0.15, 0.2) is 101 Å². The predicted molar refractivity (Wildman–Crippen MR) is 132 cm³/mol. The molecule has 0 aliphatic carbocycles. The van der Waals surface area contributed by atoms with Crippen LogP contribution in [0.2, 0.25) is 0 Å². The topological polar surface area (TPSA) is 86.7 Å². The zero-order chi connectivity index (χ0) is 23.8. The van der Waals surface area contributed by atoms with Crippen molar-refractivity contribution in [2.45, 2.75) is 24.0 Å². The molecule has 0 saturated heterocycles. The summed E-state index contributed by atoms with van der Waals surface area (Å²) in [6.07, 6.45) is 1.04. The Bertz CT molecular complexity index is 1110. The average Bonchev–Trinajstić information content (AvgIpc) is 2.81. The highest BCUT2D eigenvalue weighted by Crippen LogP contribution is 2.31. The number of nitrogens with one attached hydrogen (secondary N) is 1. The third kappa shape index (κ3) is 6.57. The van der Waals surface area contributed by atoms with E-state index in [0.29, 0.717) is 5.69 Å². The van der Waals surface area contributed by atoms with Crippen molar-refractivity contribution >= 4 is 46.6 Å². The number of nitrogens with zero attached hydrogens (tertiary/aromatic N) is 1. The SMILES string of the molecule is C/C(=C\C(=O)Nc1ccc(S[C@H](C)C(=O)N(c2ccccc2)c2ccccc2)cc1)C(=O)O. The largest absolute Gasteiger partial charge is 0.478 e. The van der Waals surface area contributed by atoms with Crippen LogP contribution in [0.3, 0.4) is 0 Å². The molecule has 2 amide bonds. The van der Waals surface area contributed by atoms with Crippen molar-refractivity contribution in [1.82, 2.24) is 0 Å². The highest BCUT2D eigenvalue weighted by Gasteiger charge is 2.24. The molecule has 3 rings (SSSR count). The van der Waals surface area contributed by atoms with Crippen molar-refractivity contribution in [3.05, 3.63) is 96.6 Å². The summed E-state index contributed by atoms with van der Waals surface area (Å²) < 4.78 is 0. The Balaban J connectivity index is 1.71. The minimum Gasteiger partial charge on any atom is -0.478 e. The van der Waals surface area contributed by atoms with Gasteiger partial charge in [0.05, 0.1) is 5.25 Å². The van der Waals surface area contributed by atoms with Gasteiger partial charge in [-0.25, -0.2) is 4.79 Å². The summed E-state index contributed by atoms with van der Waals surface area (Å²) in [6, 6.07) is 26.1. The lowest BCUT2D eigenvalue weighted by Crippen LogP contribution is -2.32. The van der Waals surface area contributed by atoms with Gasteiger partial charge >= 0.3 is 5.97 Å². The first-order valence-corrected chi connectivity index (χ1v) is 11.2. The van der Waals surface area contributed by atoms with E-state index in [1.807, 2.05) is 79.7 Å². The second-order valence-electron chi connectivity index (χ2n) is 7.25. The molecule has 168 valence electrons. The van der Waals surface area contributed by atoms with Gasteiger partial charge < -0.3 is 10.4 Å². The fourth-order valence-electron chi connectivity index (χ4n) is 3.05. The van der Waals surface area contributed by atoms with Gasteiger partial charge in [0.25, 0.3) is 0 Å². The lowest BCUT2D eigenvalue weighted by atomic mass is 10.2. The first kappa shape index (κ1) is 23.8. The molecule has 2 N–H and O–H groups in total. The molecule has 1 atom stereocenters. The highest BCUT2D eigenvalue weighted by atomic mass is 32.2. The molecule has 3 aromatic carbocycles. The zero-order valence-corrected chi connectivity index (χ0v) is 19.1. The van der Waals surface area contributed by atoms with E-state index < -0.39 is 11.9 Å². The fraction of sp³-hybridized carbons (Fsp3) is 0.115. The van der Waals surface area contributed by atoms with Gasteiger partial charge in [-0.15, -0.1) is 11.8 Å². The number of para-hydroxylation sites is 2. The van der Waals surface area contributed by atoms with Crippen molar-refractivity contribution in [3.8, 4) is 0 Å². The van der Waals surface area contributed by atoms with Gasteiger partial charge in [0.2, 0.25) is 11.8 Å². The fourth-order valence-corrected chi connectivity index (χ4v) is 3.96. The molecule has 0 saturated carbocycles. The van der Waals surface area contributed by atoms with E-state index >= 15 is 0 Å². The molecular formula is C26H24N2O4S. The lowest BCUT2D eigenvalue weighted by Gasteiger charge is -2.26. The van der Waals surface area contributed by atoms with E-state index in [1.54, 1.807) is 17.0 Å². The van der Waals surface area contributed by atoms with Crippen LogP contribution in [0.1, 0.15) is 13.8 Å². The summed E-state index contributed by atoms with van der Waals surface area (Å²) in [5.74, 6) is -1.71. The third-order valence-electron chi connectivity index (χ3n) is 4.72. The summed E-state index contributed by atoms with van der Waals surface area (Å²) >= 11 is 1.42. The number of hydrogen-bond donors (Lipinski definition) is 2. The number of anilines is 3. The van der Waals surface area contributed by atoms with Crippen molar-refractivity contribution in [2.24, 2.45) is 0 Å². The molecule has 33 heavy (non-hydrogen) atoms. The molecule has 3 aromatic rings. The number of hydrogen-bond acceptors (Lipinski definition) is 4. The molecule has 0 unspecified atom stereocenters. The van der Waals surface area contributed by atoms with E-state index in [-0.39, 0.29) is 16.7 Å². The Morgan fingerprint density at radius 1 is 0.879 bits per heavy atom. The Morgan fingerprint density at radius 2 is 1.39 bits per heavy atom. The molecule has 7 heteroatoms. The van der Waals surface area contributed by atoms with Crippen molar-refractivity contribution in [3.63, 3.8) is 0 Å². The molecule has 0 fully saturated rings. The number of aliphatic carboxylic acids is 1. The van der Waals surface area contributed by atoms with E-state index in [2.05, 4.69) is 5.32 Å². The number of carboxylic acids is 1. The predicted octanol–water partition coefficient (Wildman–Crippen LogP) is 5.50. The molecule has 0 aliphatic heterocycles. The maximum atomic E-state index is 13.4. The summed E-state index contributed by atoms with van der Waals surface area (Å²) in [5.41, 5.74) is 2.08. The number of rotatable bonds is 8. The minimum atomic E-state index is -1.14. The van der Waals surface area contributed by atoms with Crippen LogP contribution in [0.25, 0.3) is 0 Å². The number of benzene rings is 3. The molecule has 0 heterocycles. The quantitative estimate of drug-likeness (QED) is 0.342. The van der Waals surface area contributed by atoms with Crippen molar-refractivity contribution < 1.29 is 19.5 Å². The molecule has 0 radical (unpaired) electrons. The monoisotopic (exact) mass is 460 g/mol. The maximum Gasteiger partial charge on any atom is 0.331 e. The number of carbonyl (C=O) groups is 3. The van der Waals surface area contributed by atoms with Crippen LogP contribution >= 0.6 is 11.8 Å². The van der Waals surface area contributed by atoms with Crippen LogP contribution in [0.5, 0.6) is 0 Å². The van der Waals surface area contributed by atoms with Crippen LogP contribution in [0, 0.1) is 0 Å². The second-order valence-corrected chi connectivity index (χ2v) is 8.67. The van der Waals surface area contributed by atoms with Crippen LogP contribution in [-0.4, -0.2) is 28.1 Å². The Morgan fingerprint density at radius 3 is 1.88 bits per heavy atom. The van der Waals surface area contributed by atoms with Gasteiger partial charge in [0.15, 0.2) is 0 Å².